The zero-order valence-corrected chi connectivity index (χ0v) is 18.1. The van der Waals surface area contributed by atoms with Gasteiger partial charge in [0.05, 0.1) is 4.90 Å². The largest absolute Gasteiger partial charge is 0.344 e. The number of para-hydroxylation sites is 1. The average Bonchev–Trinajstić information content (AvgIpc) is 3.41. The minimum Gasteiger partial charge on any atom is -0.344 e. The molecule has 1 aromatic heterocycles. The first kappa shape index (κ1) is 19.6. The first-order valence-corrected chi connectivity index (χ1v) is 12.2. The van der Waals surface area contributed by atoms with Crippen LogP contribution in [0, 0.1) is 5.92 Å². The fraction of sp³-hybridized carbons (Fsp3) is 0.435. The van der Waals surface area contributed by atoms with Crippen molar-refractivity contribution in [3.63, 3.8) is 0 Å². The maximum absolute atomic E-state index is 13.3. The molecule has 0 spiro atoms. The molecule has 2 aliphatic heterocycles. The van der Waals surface area contributed by atoms with E-state index < -0.39 is 10.0 Å². The summed E-state index contributed by atoms with van der Waals surface area (Å²) in [4.78, 5) is 14.9. The number of benzene rings is 2. The molecule has 2 saturated heterocycles. The lowest BCUT2D eigenvalue weighted by molar-refractivity contribution is -0.135. The van der Waals surface area contributed by atoms with Crippen molar-refractivity contribution in [1.82, 2.24) is 13.8 Å². The van der Waals surface area contributed by atoms with Crippen molar-refractivity contribution in [1.29, 1.82) is 0 Å². The van der Waals surface area contributed by atoms with Crippen LogP contribution in [0.2, 0.25) is 0 Å². The van der Waals surface area contributed by atoms with Crippen molar-refractivity contribution in [2.75, 3.05) is 26.2 Å². The van der Waals surface area contributed by atoms with Gasteiger partial charge in [-0.25, -0.2) is 8.42 Å². The molecule has 0 saturated carbocycles. The Morgan fingerprint density at radius 3 is 2.30 bits per heavy atom. The zero-order valence-electron chi connectivity index (χ0n) is 17.3. The second kappa shape index (κ2) is 7.39. The molecule has 2 aliphatic rings. The van der Waals surface area contributed by atoms with Crippen LogP contribution in [0.15, 0.2) is 47.4 Å². The molecule has 3 aromatic rings. The number of fused-ring (bicyclic) bond motifs is 3. The summed E-state index contributed by atoms with van der Waals surface area (Å²) in [5, 5.41) is 2.01. The van der Waals surface area contributed by atoms with Crippen LogP contribution in [0.5, 0.6) is 0 Å². The van der Waals surface area contributed by atoms with Gasteiger partial charge in [0.25, 0.3) is 0 Å². The van der Waals surface area contributed by atoms with E-state index in [1.165, 1.54) is 0 Å². The van der Waals surface area contributed by atoms with E-state index in [2.05, 4.69) is 4.57 Å². The van der Waals surface area contributed by atoms with Gasteiger partial charge in [0.2, 0.25) is 15.9 Å². The number of amides is 1. The Morgan fingerprint density at radius 2 is 1.57 bits per heavy atom. The monoisotopic (exact) mass is 425 g/mol. The van der Waals surface area contributed by atoms with E-state index in [0.29, 0.717) is 30.8 Å². The Hall–Kier alpha value is -2.38. The number of hydrogen-bond acceptors (Lipinski definition) is 3. The molecule has 5 rings (SSSR count). The summed E-state index contributed by atoms with van der Waals surface area (Å²) in [6.45, 7) is 2.51. The maximum Gasteiger partial charge on any atom is 0.243 e. The Bertz CT molecular complexity index is 1220. The fourth-order valence-electron chi connectivity index (χ4n) is 5.00. The Kier molecular flexibility index (Phi) is 4.82. The summed E-state index contributed by atoms with van der Waals surface area (Å²) in [5.74, 6) is 0.164. The lowest BCUT2D eigenvalue weighted by Crippen LogP contribution is -2.43. The van der Waals surface area contributed by atoms with Crippen molar-refractivity contribution < 1.29 is 13.2 Å². The molecule has 7 heteroatoms. The molecule has 30 heavy (non-hydrogen) atoms. The quantitative estimate of drug-likeness (QED) is 0.647. The van der Waals surface area contributed by atoms with Crippen LogP contribution in [-0.2, 0) is 21.9 Å². The molecule has 0 atom stereocenters. The third-order valence-electron chi connectivity index (χ3n) is 6.74. The van der Waals surface area contributed by atoms with Crippen LogP contribution in [-0.4, -0.2) is 54.3 Å². The van der Waals surface area contributed by atoms with Crippen molar-refractivity contribution in [3.8, 4) is 0 Å². The molecule has 0 unspecified atom stereocenters. The number of likely N-dealkylation sites (tertiary alicyclic amines) is 1. The highest BCUT2D eigenvalue weighted by Gasteiger charge is 2.34. The van der Waals surface area contributed by atoms with E-state index in [9.17, 15) is 13.2 Å². The summed E-state index contributed by atoms with van der Waals surface area (Å²) in [7, 11) is -1.58. The number of carbonyl (C=O) groups excluding carboxylic acids is 1. The number of sulfonamides is 1. The van der Waals surface area contributed by atoms with Crippen LogP contribution >= 0.6 is 0 Å². The minimum atomic E-state index is -3.58. The molecule has 1 amide bonds. The van der Waals surface area contributed by atoms with E-state index in [1.54, 1.807) is 16.4 Å². The fourth-order valence-corrected chi connectivity index (χ4v) is 6.49. The highest BCUT2D eigenvalue weighted by Crippen LogP contribution is 2.32. The first-order chi connectivity index (χ1) is 14.5. The molecule has 2 aromatic carbocycles. The van der Waals surface area contributed by atoms with Crippen molar-refractivity contribution in [2.24, 2.45) is 13.0 Å². The van der Waals surface area contributed by atoms with E-state index in [1.807, 2.05) is 42.3 Å². The number of carbonyl (C=O) groups is 1. The smallest absolute Gasteiger partial charge is 0.243 e. The SMILES string of the molecule is Cn1c2ccccc2c2cc(S(=O)(=O)N3CCC(C(=O)N4CCCC4)CC3)ccc21. The van der Waals surface area contributed by atoms with Gasteiger partial charge in [-0.2, -0.15) is 4.31 Å². The Labute approximate surface area is 177 Å². The van der Waals surface area contributed by atoms with E-state index in [-0.39, 0.29) is 11.8 Å². The predicted molar refractivity (Wildman–Crippen MR) is 118 cm³/mol. The number of nitrogens with zero attached hydrogens (tertiary/aromatic N) is 3. The molecule has 2 fully saturated rings. The van der Waals surface area contributed by atoms with Crippen molar-refractivity contribution >= 4 is 37.7 Å². The number of aryl methyl sites for hydroxylation is 1. The minimum absolute atomic E-state index is 0.0462. The number of piperidine rings is 1. The van der Waals surface area contributed by atoms with Gasteiger partial charge >= 0.3 is 0 Å². The highest BCUT2D eigenvalue weighted by molar-refractivity contribution is 7.89. The summed E-state index contributed by atoms with van der Waals surface area (Å²) in [5.41, 5.74) is 2.10. The molecule has 0 aliphatic carbocycles. The first-order valence-electron chi connectivity index (χ1n) is 10.7. The van der Waals surface area contributed by atoms with Crippen LogP contribution < -0.4 is 0 Å². The summed E-state index contributed by atoms with van der Waals surface area (Å²) in [6.07, 6.45) is 3.36. The lowest BCUT2D eigenvalue weighted by Gasteiger charge is -2.32. The topological polar surface area (TPSA) is 62.6 Å². The Balaban J connectivity index is 1.39. The Morgan fingerprint density at radius 1 is 0.900 bits per heavy atom. The van der Waals surface area contributed by atoms with Gasteiger partial charge in [-0.3, -0.25) is 4.79 Å². The second-order valence-electron chi connectivity index (χ2n) is 8.47. The summed E-state index contributed by atoms with van der Waals surface area (Å²) in [6, 6.07) is 13.4. The van der Waals surface area contributed by atoms with Gasteiger partial charge < -0.3 is 9.47 Å². The van der Waals surface area contributed by atoms with Crippen molar-refractivity contribution in [2.45, 2.75) is 30.6 Å². The van der Waals surface area contributed by atoms with Crippen molar-refractivity contribution in [3.05, 3.63) is 42.5 Å². The standard InChI is InChI=1S/C23H27N3O3S/c1-24-21-7-3-2-6-19(21)20-16-18(8-9-22(20)24)30(28,29)26-14-10-17(11-15-26)23(27)25-12-4-5-13-25/h2-3,6-9,16-17H,4-5,10-15H2,1H3. The van der Waals surface area contributed by atoms with E-state index >= 15 is 0 Å². The molecule has 0 bridgehead atoms. The molecule has 158 valence electrons. The third-order valence-corrected chi connectivity index (χ3v) is 8.64. The van der Waals surface area contributed by atoms with Gasteiger partial charge in [0.15, 0.2) is 0 Å². The van der Waals surface area contributed by atoms with E-state index in [4.69, 9.17) is 0 Å². The zero-order chi connectivity index (χ0) is 20.9. The molecule has 0 radical (unpaired) electrons. The second-order valence-corrected chi connectivity index (χ2v) is 10.4. The van der Waals surface area contributed by atoms with Crippen LogP contribution in [0.4, 0.5) is 0 Å². The van der Waals surface area contributed by atoms with Gasteiger partial charge in [0.1, 0.15) is 0 Å². The van der Waals surface area contributed by atoms with Crippen LogP contribution in [0.3, 0.4) is 0 Å². The predicted octanol–water partition coefficient (Wildman–Crippen LogP) is 3.35. The summed E-state index contributed by atoms with van der Waals surface area (Å²) < 4.78 is 30.3. The number of aromatic nitrogens is 1. The summed E-state index contributed by atoms with van der Waals surface area (Å²) >= 11 is 0. The molecule has 3 heterocycles. The van der Waals surface area contributed by atoms with Gasteiger partial charge in [-0.1, -0.05) is 18.2 Å². The van der Waals surface area contributed by atoms with E-state index in [0.717, 1.165) is 47.7 Å². The molecule has 6 nitrogen and oxygen atoms in total. The van der Waals surface area contributed by atoms with Gasteiger partial charge in [-0.05, 0) is 49.9 Å². The lowest BCUT2D eigenvalue weighted by atomic mass is 9.97. The highest BCUT2D eigenvalue weighted by atomic mass is 32.2. The third kappa shape index (κ3) is 3.11. The molecular weight excluding hydrogens is 398 g/mol. The molecule has 0 N–H and O–H groups in total. The van der Waals surface area contributed by atoms with Gasteiger partial charge in [0, 0.05) is 61.0 Å². The van der Waals surface area contributed by atoms with Crippen LogP contribution in [0.1, 0.15) is 25.7 Å². The average molecular weight is 426 g/mol. The normalized spacial score (nSPS) is 19.2. The number of rotatable bonds is 3. The number of hydrogen-bond donors (Lipinski definition) is 0. The van der Waals surface area contributed by atoms with Crippen LogP contribution in [0.25, 0.3) is 21.8 Å². The molecular formula is C23H27N3O3S. The van der Waals surface area contributed by atoms with Gasteiger partial charge in [-0.15, -0.1) is 0 Å². The maximum atomic E-state index is 13.3.